The molecule has 2 nitrogen and oxygen atoms in total. The van der Waals surface area contributed by atoms with Crippen LogP contribution < -0.4 is 4.90 Å². The second kappa shape index (κ2) is 5.31. The number of carbonyl (C=O) groups is 1. The summed E-state index contributed by atoms with van der Waals surface area (Å²) >= 11 is 6.35. The normalized spacial score (nSPS) is 23.4. The molecule has 2 rings (SSSR count). The Morgan fingerprint density at radius 1 is 1.44 bits per heavy atom. The molecule has 1 aromatic rings. The van der Waals surface area contributed by atoms with E-state index in [9.17, 15) is 4.79 Å². The zero-order chi connectivity index (χ0) is 13.3. The Kier molecular flexibility index (Phi) is 3.96. The molecule has 1 aliphatic rings. The number of benzene rings is 1. The number of carbonyl (C=O) groups excluding carboxylic acids is 1. The van der Waals surface area contributed by atoms with E-state index in [1.807, 2.05) is 12.1 Å². The van der Waals surface area contributed by atoms with Gasteiger partial charge in [-0.25, -0.2) is 0 Å². The second-order valence-electron chi connectivity index (χ2n) is 5.12. The van der Waals surface area contributed by atoms with Crippen LogP contribution in [-0.4, -0.2) is 17.9 Å². The third-order valence-electron chi connectivity index (χ3n) is 3.89. The van der Waals surface area contributed by atoms with Crippen molar-refractivity contribution < 1.29 is 4.79 Å². The molecule has 18 heavy (non-hydrogen) atoms. The van der Waals surface area contributed by atoms with Gasteiger partial charge in [0.1, 0.15) is 0 Å². The average Bonchev–Trinajstić information content (AvgIpc) is 2.70. The molecule has 0 aliphatic carbocycles. The maximum absolute atomic E-state index is 11.3. The standard InChI is InChI=1S/C15H20ClNO/c1-4-13-7-5-10(2)17(13)15-8-6-12(11(3)18)9-14(15)16/h6,8-10,13H,4-5,7H2,1-3H3. The van der Waals surface area contributed by atoms with E-state index in [2.05, 4.69) is 18.7 Å². The molecule has 0 bridgehead atoms. The Balaban J connectivity index is 2.35. The molecule has 98 valence electrons. The Morgan fingerprint density at radius 2 is 2.17 bits per heavy atom. The fourth-order valence-electron chi connectivity index (χ4n) is 2.84. The second-order valence-corrected chi connectivity index (χ2v) is 5.53. The number of ketones is 1. The van der Waals surface area contributed by atoms with E-state index in [-0.39, 0.29) is 5.78 Å². The zero-order valence-electron chi connectivity index (χ0n) is 11.2. The van der Waals surface area contributed by atoms with E-state index in [1.165, 1.54) is 12.8 Å². The lowest BCUT2D eigenvalue weighted by Gasteiger charge is -2.31. The van der Waals surface area contributed by atoms with Crippen molar-refractivity contribution in [2.45, 2.75) is 52.1 Å². The van der Waals surface area contributed by atoms with E-state index in [0.29, 0.717) is 22.7 Å². The SMILES string of the molecule is CCC1CCC(C)N1c1ccc(C(C)=O)cc1Cl. The molecule has 1 aromatic carbocycles. The highest BCUT2D eigenvalue weighted by Crippen LogP contribution is 2.36. The van der Waals surface area contributed by atoms with Crippen LogP contribution in [0.1, 0.15) is 50.4 Å². The summed E-state index contributed by atoms with van der Waals surface area (Å²) in [4.78, 5) is 13.8. The van der Waals surface area contributed by atoms with Crippen molar-refractivity contribution in [1.29, 1.82) is 0 Å². The molecule has 0 spiro atoms. The molecule has 0 N–H and O–H groups in total. The molecular formula is C15H20ClNO. The lowest BCUT2D eigenvalue weighted by molar-refractivity contribution is 0.101. The van der Waals surface area contributed by atoms with Crippen molar-refractivity contribution in [3.05, 3.63) is 28.8 Å². The van der Waals surface area contributed by atoms with Crippen LogP contribution in [0, 0.1) is 0 Å². The van der Waals surface area contributed by atoms with Gasteiger partial charge in [-0.3, -0.25) is 4.79 Å². The van der Waals surface area contributed by atoms with E-state index >= 15 is 0 Å². The molecule has 0 aromatic heterocycles. The maximum Gasteiger partial charge on any atom is 0.159 e. The van der Waals surface area contributed by atoms with Crippen LogP contribution in [0.5, 0.6) is 0 Å². The zero-order valence-corrected chi connectivity index (χ0v) is 12.0. The summed E-state index contributed by atoms with van der Waals surface area (Å²) in [5, 5.41) is 0.690. The van der Waals surface area contributed by atoms with Gasteiger partial charge in [0.2, 0.25) is 0 Å². The van der Waals surface area contributed by atoms with E-state index < -0.39 is 0 Å². The van der Waals surface area contributed by atoms with Crippen LogP contribution >= 0.6 is 11.6 Å². The van der Waals surface area contributed by atoms with Crippen LogP contribution in [0.15, 0.2) is 18.2 Å². The molecule has 0 saturated carbocycles. The number of hydrogen-bond acceptors (Lipinski definition) is 2. The van der Waals surface area contributed by atoms with Gasteiger partial charge in [-0.2, -0.15) is 0 Å². The first kappa shape index (κ1) is 13.4. The Hall–Kier alpha value is -1.02. The summed E-state index contributed by atoms with van der Waals surface area (Å²) in [6, 6.07) is 6.75. The van der Waals surface area contributed by atoms with E-state index in [4.69, 9.17) is 11.6 Å². The molecule has 0 radical (unpaired) electrons. The molecule has 1 saturated heterocycles. The number of Topliss-reactive ketones (excluding diaryl/α,β-unsaturated/α-hetero) is 1. The van der Waals surface area contributed by atoms with Crippen LogP contribution in [0.2, 0.25) is 5.02 Å². The third-order valence-corrected chi connectivity index (χ3v) is 4.19. The summed E-state index contributed by atoms with van der Waals surface area (Å²) in [6.45, 7) is 6.02. The first-order valence-corrected chi connectivity index (χ1v) is 7.01. The van der Waals surface area contributed by atoms with Gasteiger partial charge < -0.3 is 4.90 Å². The van der Waals surface area contributed by atoms with Crippen molar-refractivity contribution >= 4 is 23.1 Å². The van der Waals surface area contributed by atoms with Crippen LogP contribution in [0.4, 0.5) is 5.69 Å². The maximum atomic E-state index is 11.3. The molecule has 0 amide bonds. The first-order chi connectivity index (χ1) is 8.54. The van der Waals surface area contributed by atoms with E-state index in [0.717, 1.165) is 12.1 Å². The molecule has 1 aliphatic heterocycles. The van der Waals surface area contributed by atoms with Gasteiger partial charge in [-0.1, -0.05) is 18.5 Å². The van der Waals surface area contributed by atoms with Crippen LogP contribution in [-0.2, 0) is 0 Å². The fraction of sp³-hybridized carbons (Fsp3) is 0.533. The highest BCUT2D eigenvalue weighted by atomic mass is 35.5. The molecule has 2 atom stereocenters. The van der Waals surface area contributed by atoms with Crippen molar-refractivity contribution in [2.75, 3.05) is 4.90 Å². The minimum atomic E-state index is 0.0601. The van der Waals surface area contributed by atoms with Gasteiger partial charge >= 0.3 is 0 Å². The smallest absolute Gasteiger partial charge is 0.159 e. The monoisotopic (exact) mass is 265 g/mol. The lowest BCUT2D eigenvalue weighted by atomic mass is 10.1. The van der Waals surface area contributed by atoms with Gasteiger partial charge in [-0.05, 0) is 51.3 Å². The van der Waals surface area contributed by atoms with Crippen molar-refractivity contribution in [3.63, 3.8) is 0 Å². The molecule has 2 unspecified atom stereocenters. The highest BCUT2D eigenvalue weighted by Gasteiger charge is 2.30. The van der Waals surface area contributed by atoms with Gasteiger partial charge in [0.25, 0.3) is 0 Å². The predicted molar refractivity (Wildman–Crippen MR) is 76.7 cm³/mol. The number of rotatable bonds is 3. The van der Waals surface area contributed by atoms with Gasteiger partial charge in [0.15, 0.2) is 5.78 Å². The van der Waals surface area contributed by atoms with Gasteiger partial charge in [0, 0.05) is 17.6 Å². The molecule has 1 heterocycles. The van der Waals surface area contributed by atoms with Gasteiger partial charge in [0.05, 0.1) is 10.7 Å². The topological polar surface area (TPSA) is 20.3 Å². The molecular weight excluding hydrogens is 246 g/mol. The number of halogens is 1. The summed E-state index contributed by atoms with van der Waals surface area (Å²) in [5.74, 6) is 0.0601. The Morgan fingerprint density at radius 3 is 2.72 bits per heavy atom. The Bertz CT molecular complexity index is 458. The predicted octanol–water partition coefficient (Wildman–Crippen LogP) is 4.31. The first-order valence-electron chi connectivity index (χ1n) is 6.63. The summed E-state index contributed by atoms with van der Waals surface area (Å²) in [6.07, 6.45) is 3.57. The number of anilines is 1. The quantitative estimate of drug-likeness (QED) is 0.759. The van der Waals surface area contributed by atoms with Crippen LogP contribution in [0.3, 0.4) is 0 Å². The largest absolute Gasteiger partial charge is 0.365 e. The van der Waals surface area contributed by atoms with Crippen molar-refractivity contribution in [3.8, 4) is 0 Å². The summed E-state index contributed by atoms with van der Waals surface area (Å²) < 4.78 is 0. The lowest BCUT2D eigenvalue weighted by Crippen LogP contribution is -2.34. The molecule has 3 heteroatoms. The van der Waals surface area contributed by atoms with Gasteiger partial charge in [-0.15, -0.1) is 0 Å². The number of nitrogens with zero attached hydrogens (tertiary/aromatic N) is 1. The van der Waals surface area contributed by atoms with Crippen molar-refractivity contribution in [2.24, 2.45) is 0 Å². The average molecular weight is 266 g/mol. The van der Waals surface area contributed by atoms with E-state index in [1.54, 1.807) is 13.0 Å². The minimum absolute atomic E-state index is 0.0601. The Labute approximate surface area is 114 Å². The van der Waals surface area contributed by atoms with Crippen LogP contribution in [0.25, 0.3) is 0 Å². The van der Waals surface area contributed by atoms with Crippen molar-refractivity contribution in [1.82, 2.24) is 0 Å². The summed E-state index contributed by atoms with van der Waals surface area (Å²) in [7, 11) is 0. The highest BCUT2D eigenvalue weighted by molar-refractivity contribution is 6.33. The third kappa shape index (κ3) is 2.39. The minimum Gasteiger partial charge on any atom is -0.365 e. The number of hydrogen-bond donors (Lipinski definition) is 0. The summed E-state index contributed by atoms with van der Waals surface area (Å²) in [5.41, 5.74) is 1.75. The fourth-order valence-corrected chi connectivity index (χ4v) is 3.12. The molecule has 1 fully saturated rings.